The Morgan fingerprint density at radius 1 is 1.27 bits per heavy atom. The molecule has 0 spiro atoms. The number of amides is 3. The monoisotopic (exact) mass is 440 g/mol. The first-order chi connectivity index (χ1) is 14.2. The minimum absolute atomic E-state index is 0.439. The van der Waals surface area contributed by atoms with Crippen molar-refractivity contribution in [2.45, 2.75) is 43.8 Å². The zero-order valence-electron chi connectivity index (χ0n) is 17.2. The molecule has 0 unspecified atom stereocenters. The van der Waals surface area contributed by atoms with E-state index in [1.54, 1.807) is 24.1 Å². The fourth-order valence-electron chi connectivity index (χ4n) is 3.69. The van der Waals surface area contributed by atoms with E-state index in [2.05, 4.69) is 10.6 Å². The van der Waals surface area contributed by atoms with Crippen molar-refractivity contribution in [2.75, 3.05) is 26.7 Å². The first kappa shape index (κ1) is 23.9. The molecule has 1 fully saturated rings. The fraction of sp³-hybridized carbons (Fsp3) is 0.550. The van der Waals surface area contributed by atoms with Crippen molar-refractivity contribution >= 4 is 29.5 Å². The number of piperidine rings is 1. The smallest absolute Gasteiger partial charge is 0.405 e. The second-order valence-corrected chi connectivity index (χ2v) is 8.06. The van der Waals surface area contributed by atoms with Crippen molar-refractivity contribution in [3.8, 4) is 0 Å². The Balaban J connectivity index is 2.17. The molecular formula is C20H29ClN4O5. The van der Waals surface area contributed by atoms with Crippen LogP contribution in [0.3, 0.4) is 0 Å². The van der Waals surface area contributed by atoms with Crippen molar-refractivity contribution in [1.82, 2.24) is 20.9 Å². The van der Waals surface area contributed by atoms with Crippen LogP contribution in [-0.2, 0) is 16.0 Å². The van der Waals surface area contributed by atoms with Gasteiger partial charge in [-0.1, -0.05) is 23.7 Å². The number of aliphatic hydroxyl groups is 1. The van der Waals surface area contributed by atoms with E-state index in [0.29, 0.717) is 18.0 Å². The molecule has 9 nitrogen and oxygen atoms in total. The lowest BCUT2D eigenvalue weighted by molar-refractivity contribution is -0.142. The number of benzene rings is 1. The van der Waals surface area contributed by atoms with E-state index in [-0.39, 0.29) is 0 Å². The van der Waals surface area contributed by atoms with Crippen molar-refractivity contribution < 1.29 is 24.6 Å². The molecule has 0 aromatic heterocycles. The first-order valence-corrected chi connectivity index (χ1v) is 10.2. The summed E-state index contributed by atoms with van der Waals surface area (Å²) < 4.78 is 0. The number of carbonyl (C=O) groups excluding carboxylic acids is 2. The molecule has 3 atom stereocenters. The van der Waals surface area contributed by atoms with Gasteiger partial charge in [0.05, 0.1) is 12.1 Å². The van der Waals surface area contributed by atoms with E-state index in [1.807, 2.05) is 17.4 Å². The number of nitrogens with one attached hydrogen (secondary N) is 3. The molecule has 0 aliphatic carbocycles. The van der Waals surface area contributed by atoms with Crippen molar-refractivity contribution in [3.05, 3.63) is 34.9 Å². The zero-order valence-corrected chi connectivity index (χ0v) is 17.9. The Hall–Kier alpha value is -2.36. The van der Waals surface area contributed by atoms with Gasteiger partial charge in [-0.25, -0.2) is 4.79 Å². The summed E-state index contributed by atoms with van der Waals surface area (Å²) >= 11 is 5.98. The van der Waals surface area contributed by atoms with E-state index < -0.39 is 42.1 Å². The zero-order chi connectivity index (χ0) is 22.3. The van der Waals surface area contributed by atoms with Crippen LogP contribution in [-0.4, -0.2) is 77.4 Å². The fourth-order valence-corrected chi connectivity index (χ4v) is 3.82. The van der Waals surface area contributed by atoms with Gasteiger partial charge in [0.1, 0.15) is 12.1 Å². The SMILES string of the molecule is C[C@H](NC(=O)O)C(=O)N[C@@H](CO)C(=O)N(C)[C@@]1(Cc2ccc(Cl)cc2)CCCNC1. The number of halogens is 1. The molecule has 0 saturated carbocycles. The summed E-state index contributed by atoms with van der Waals surface area (Å²) in [5.41, 5.74) is 0.485. The second kappa shape index (κ2) is 10.6. The first-order valence-electron chi connectivity index (χ1n) is 9.82. The van der Waals surface area contributed by atoms with Crippen LogP contribution < -0.4 is 16.0 Å². The third-order valence-electron chi connectivity index (χ3n) is 5.47. The highest BCUT2D eigenvalue weighted by atomic mass is 35.5. The molecule has 10 heteroatoms. The largest absolute Gasteiger partial charge is 0.465 e. The summed E-state index contributed by atoms with van der Waals surface area (Å²) in [6, 6.07) is 5.20. The molecular weight excluding hydrogens is 412 g/mol. The molecule has 5 N–H and O–H groups in total. The average Bonchev–Trinajstić information content (AvgIpc) is 2.72. The molecule has 0 radical (unpaired) electrons. The Kier molecular flexibility index (Phi) is 8.45. The Morgan fingerprint density at radius 2 is 1.93 bits per heavy atom. The van der Waals surface area contributed by atoms with Crippen molar-refractivity contribution in [2.24, 2.45) is 0 Å². The molecule has 166 valence electrons. The van der Waals surface area contributed by atoms with E-state index in [1.165, 1.54) is 6.92 Å². The van der Waals surface area contributed by atoms with Crippen LogP contribution in [0.4, 0.5) is 4.79 Å². The normalized spacial score (nSPS) is 20.7. The van der Waals surface area contributed by atoms with E-state index in [0.717, 1.165) is 24.9 Å². The lowest BCUT2D eigenvalue weighted by Crippen LogP contribution is -2.64. The maximum absolute atomic E-state index is 13.2. The van der Waals surface area contributed by atoms with Gasteiger partial charge in [-0.15, -0.1) is 0 Å². The molecule has 1 aromatic carbocycles. The highest BCUT2D eigenvalue weighted by Crippen LogP contribution is 2.28. The van der Waals surface area contributed by atoms with Crippen LogP contribution in [0.1, 0.15) is 25.3 Å². The van der Waals surface area contributed by atoms with E-state index in [9.17, 15) is 19.5 Å². The molecule has 1 aromatic rings. The Morgan fingerprint density at radius 3 is 2.47 bits per heavy atom. The summed E-state index contributed by atoms with van der Waals surface area (Å²) in [5.74, 6) is -1.13. The topological polar surface area (TPSA) is 131 Å². The number of carboxylic acid groups (broad SMARTS) is 1. The van der Waals surface area contributed by atoms with Crippen LogP contribution >= 0.6 is 11.6 Å². The average molecular weight is 441 g/mol. The summed E-state index contributed by atoms with van der Waals surface area (Å²) in [6.07, 6.45) is 0.869. The quantitative estimate of drug-likeness (QED) is 0.402. The summed E-state index contributed by atoms with van der Waals surface area (Å²) in [7, 11) is 1.67. The number of hydrogen-bond acceptors (Lipinski definition) is 5. The van der Waals surface area contributed by atoms with Gasteiger partial charge in [0, 0.05) is 18.6 Å². The van der Waals surface area contributed by atoms with Crippen LogP contribution in [0.5, 0.6) is 0 Å². The van der Waals surface area contributed by atoms with Gasteiger partial charge < -0.3 is 31.1 Å². The molecule has 1 aliphatic heterocycles. The van der Waals surface area contributed by atoms with Gasteiger partial charge in [0.25, 0.3) is 0 Å². The molecule has 3 amide bonds. The van der Waals surface area contributed by atoms with Gasteiger partial charge in [0.15, 0.2) is 0 Å². The molecule has 30 heavy (non-hydrogen) atoms. The Labute approximate surface area is 180 Å². The molecule has 0 bridgehead atoms. The number of hydrogen-bond donors (Lipinski definition) is 5. The maximum atomic E-state index is 13.2. The van der Waals surface area contributed by atoms with Crippen LogP contribution in [0.25, 0.3) is 0 Å². The molecule has 1 aliphatic rings. The standard InChI is InChI=1S/C20H29ClN4O5/c1-13(23-19(29)30)17(27)24-16(11-26)18(28)25(2)20(8-3-9-22-12-20)10-14-4-6-15(21)7-5-14/h4-7,13,16,22-23,26H,3,8-12H2,1-2H3,(H,24,27)(H,29,30)/t13-,16-,20+/m0/s1. The third kappa shape index (κ3) is 6.07. The van der Waals surface area contributed by atoms with Gasteiger partial charge in [0.2, 0.25) is 11.8 Å². The van der Waals surface area contributed by atoms with E-state index >= 15 is 0 Å². The van der Waals surface area contributed by atoms with Crippen molar-refractivity contribution in [1.29, 1.82) is 0 Å². The van der Waals surface area contributed by atoms with Crippen LogP contribution in [0, 0.1) is 0 Å². The Bertz CT molecular complexity index is 752. The lowest BCUT2D eigenvalue weighted by atomic mass is 9.82. The van der Waals surface area contributed by atoms with Gasteiger partial charge in [-0.2, -0.15) is 0 Å². The van der Waals surface area contributed by atoms with Gasteiger partial charge >= 0.3 is 6.09 Å². The second-order valence-electron chi connectivity index (χ2n) is 7.62. The van der Waals surface area contributed by atoms with Crippen LogP contribution in [0.15, 0.2) is 24.3 Å². The summed E-state index contributed by atoms with van der Waals surface area (Å²) in [5, 5.41) is 26.9. The predicted octanol–water partition coefficient (Wildman–Crippen LogP) is 0.596. The number of carbonyl (C=O) groups is 3. The van der Waals surface area contributed by atoms with E-state index in [4.69, 9.17) is 16.7 Å². The van der Waals surface area contributed by atoms with Crippen molar-refractivity contribution in [3.63, 3.8) is 0 Å². The summed E-state index contributed by atoms with van der Waals surface area (Å²) in [6.45, 7) is 2.18. The number of nitrogens with zero attached hydrogens (tertiary/aromatic N) is 1. The predicted molar refractivity (Wildman–Crippen MR) is 112 cm³/mol. The molecule has 1 saturated heterocycles. The van der Waals surface area contributed by atoms with Crippen LogP contribution in [0.2, 0.25) is 5.02 Å². The number of rotatable bonds is 8. The maximum Gasteiger partial charge on any atom is 0.405 e. The minimum Gasteiger partial charge on any atom is -0.465 e. The van der Waals surface area contributed by atoms with Gasteiger partial charge in [-0.3, -0.25) is 9.59 Å². The highest BCUT2D eigenvalue weighted by Gasteiger charge is 2.41. The number of aliphatic hydroxyl groups excluding tert-OH is 1. The highest BCUT2D eigenvalue weighted by molar-refractivity contribution is 6.30. The third-order valence-corrected chi connectivity index (χ3v) is 5.72. The molecule has 1 heterocycles. The minimum atomic E-state index is -1.35. The van der Waals surface area contributed by atoms with Gasteiger partial charge in [-0.05, 0) is 50.4 Å². The lowest BCUT2D eigenvalue weighted by Gasteiger charge is -2.46. The number of likely N-dealkylation sites (N-methyl/N-ethyl adjacent to an activating group) is 1. The summed E-state index contributed by atoms with van der Waals surface area (Å²) in [4.78, 5) is 37.7. The molecule has 2 rings (SSSR count).